The Labute approximate surface area is 108 Å². The predicted octanol–water partition coefficient (Wildman–Crippen LogP) is 2.01. The summed E-state index contributed by atoms with van der Waals surface area (Å²) < 4.78 is 0. The molecular weight excluding hydrogens is 226 g/mol. The number of aryl methyl sites for hydroxylation is 2. The highest BCUT2D eigenvalue weighted by molar-refractivity contribution is 5.93. The van der Waals surface area contributed by atoms with Crippen molar-refractivity contribution in [3.8, 4) is 0 Å². The van der Waals surface area contributed by atoms with Gasteiger partial charge in [-0.25, -0.2) is 0 Å². The highest BCUT2D eigenvalue weighted by atomic mass is 16.1. The van der Waals surface area contributed by atoms with Crippen LogP contribution >= 0.6 is 0 Å². The van der Waals surface area contributed by atoms with Gasteiger partial charge in [0.1, 0.15) is 0 Å². The number of aromatic nitrogens is 1. The van der Waals surface area contributed by atoms with Crippen molar-refractivity contribution in [1.82, 2.24) is 4.98 Å². The molecule has 1 heterocycles. The van der Waals surface area contributed by atoms with Crippen molar-refractivity contribution in [2.75, 3.05) is 11.9 Å². The second-order valence-corrected chi connectivity index (χ2v) is 5.11. The first kappa shape index (κ1) is 13.0. The second kappa shape index (κ2) is 5.48. The Morgan fingerprint density at radius 2 is 2.22 bits per heavy atom. The standard InChI is InChI=1S/C14H21N3O/c1-9-6-7-13(10(2)16-9)17-14(18)12-5-3-4-11(12)8-15/h6-7,11-12H,3-5,8,15H2,1-2H3,(H,17,18). The molecule has 18 heavy (non-hydrogen) atoms. The molecule has 2 atom stereocenters. The molecule has 98 valence electrons. The van der Waals surface area contributed by atoms with Crippen molar-refractivity contribution >= 4 is 11.6 Å². The van der Waals surface area contributed by atoms with Gasteiger partial charge in [-0.3, -0.25) is 9.78 Å². The maximum absolute atomic E-state index is 12.2. The normalized spacial score (nSPS) is 23.1. The molecule has 1 amide bonds. The average molecular weight is 247 g/mol. The van der Waals surface area contributed by atoms with E-state index in [4.69, 9.17) is 5.73 Å². The third kappa shape index (κ3) is 2.70. The molecule has 0 spiro atoms. The molecule has 0 bridgehead atoms. The molecule has 0 aliphatic heterocycles. The fourth-order valence-electron chi connectivity index (χ4n) is 2.71. The first-order valence-corrected chi connectivity index (χ1v) is 6.57. The van der Waals surface area contributed by atoms with Crippen LogP contribution in [0.4, 0.5) is 5.69 Å². The summed E-state index contributed by atoms with van der Waals surface area (Å²) in [7, 11) is 0. The molecule has 0 radical (unpaired) electrons. The summed E-state index contributed by atoms with van der Waals surface area (Å²) in [6, 6.07) is 3.83. The lowest BCUT2D eigenvalue weighted by Gasteiger charge is -2.18. The van der Waals surface area contributed by atoms with Crippen LogP contribution in [-0.2, 0) is 4.79 Å². The molecule has 1 aromatic heterocycles. The highest BCUT2D eigenvalue weighted by Gasteiger charge is 2.32. The first-order valence-electron chi connectivity index (χ1n) is 6.57. The number of nitrogens with zero attached hydrogens (tertiary/aromatic N) is 1. The minimum absolute atomic E-state index is 0.0655. The Kier molecular flexibility index (Phi) is 3.97. The van der Waals surface area contributed by atoms with Gasteiger partial charge >= 0.3 is 0 Å². The minimum atomic E-state index is 0.0655. The molecule has 1 aromatic rings. The summed E-state index contributed by atoms with van der Waals surface area (Å²) in [6.07, 6.45) is 3.12. The molecule has 2 rings (SSSR count). The summed E-state index contributed by atoms with van der Waals surface area (Å²) in [5, 5.41) is 2.99. The Morgan fingerprint density at radius 3 is 2.89 bits per heavy atom. The third-order valence-corrected chi connectivity index (χ3v) is 3.78. The van der Waals surface area contributed by atoms with Crippen LogP contribution in [0.25, 0.3) is 0 Å². The fourth-order valence-corrected chi connectivity index (χ4v) is 2.71. The number of pyridine rings is 1. The molecule has 3 N–H and O–H groups in total. The predicted molar refractivity (Wildman–Crippen MR) is 72.2 cm³/mol. The van der Waals surface area contributed by atoms with E-state index in [2.05, 4.69) is 10.3 Å². The molecule has 1 aliphatic carbocycles. The van der Waals surface area contributed by atoms with Crippen LogP contribution in [0.5, 0.6) is 0 Å². The number of nitrogens with one attached hydrogen (secondary N) is 1. The smallest absolute Gasteiger partial charge is 0.227 e. The fraction of sp³-hybridized carbons (Fsp3) is 0.571. The molecule has 1 saturated carbocycles. The van der Waals surface area contributed by atoms with Crippen molar-refractivity contribution in [1.29, 1.82) is 0 Å². The van der Waals surface area contributed by atoms with E-state index in [0.29, 0.717) is 12.5 Å². The van der Waals surface area contributed by atoms with Gasteiger partial charge < -0.3 is 11.1 Å². The van der Waals surface area contributed by atoms with Gasteiger partial charge in [0.05, 0.1) is 11.4 Å². The lowest BCUT2D eigenvalue weighted by molar-refractivity contribution is -0.120. The van der Waals surface area contributed by atoms with E-state index in [0.717, 1.165) is 36.3 Å². The summed E-state index contributed by atoms with van der Waals surface area (Å²) in [5.74, 6) is 0.496. The van der Waals surface area contributed by atoms with Crippen molar-refractivity contribution in [2.45, 2.75) is 33.1 Å². The van der Waals surface area contributed by atoms with Gasteiger partial charge in [-0.2, -0.15) is 0 Å². The number of carbonyl (C=O) groups is 1. The number of rotatable bonds is 3. The van der Waals surface area contributed by atoms with Crippen LogP contribution in [0.1, 0.15) is 30.7 Å². The van der Waals surface area contributed by atoms with Crippen molar-refractivity contribution in [2.24, 2.45) is 17.6 Å². The van der Waals surface area contributed by atoms with Gasteiger partial charge in [0.2, 0.25) is 5.91 Å². The summed E-state index contributed by atoms with van der Waals surface area (Å²) in [5.41, 5.74) is 8.36. The number of amides is 1. The zero-order valence-corrected chi connectivity index (χ0v) is 11.1. The Morgan fingerprint density at radius 1 is 1.44 bits per heavy atom. The van der Waals surface area contributed by atoms with Gasteiger partial charge in [0.15, 0.2) is 0 Å². The quantitative estimate of drug-likeness (QED) is 0.858. The number of nitrogens with two attached hydrogens (primary N) is 1. The molecule has 0 aromatic carbocycles. The van der Waals surface area contributed by atoms with E-state index in [1.807, 2.05) is 26.0 Å². The Hall–Kier alpha value is -1.42. The number of carbonyl (C=O) groups excluding carboxylic acids is 1. The van der Waals surface area contributed by atoms with Crippen LogP contribution in [0, 0.1) is 25.7 Å². The van der Waals surface area contributed by atoms with Crippen LogP contribution in [-0.4, -0.2) is 17.4 Å². The van der Waals surface area contributed by atoms with Crippen LogP contribution in [0.15, 0.2) is 12.1 Å². The molecule has 2 unspecified atom stereocenters. The number of anilines is 1. The van der Waals surface area contributed by atoms with E-state index in [-0.39, 0.29) is 11.8 Å². The zero-order valence-electron chi connectivity index (χ0n) is 11.1. The average Bonchev–Trinajstić information content (AvgIpc) is 2.81. The zero-order chi connectivity index (χ0) is 13.1. The lowest BCUT2D eigenvalue weighted by Crippen LogP contribution is -2.30. The largest absolute Gasteiger partial charge is 0.330 e. The van der Waals surface area contributed by atoms with Crippen molar-refractivity contribution in [3.05, 3.63) is 23.5 Å². The molecule has 1 fully saturated rings. The van der Waals surface area contributed by atoms with Gasteiger partial charge in [-0.05, 0) is 51.3 Å². The van der Waals surface area contributed by atoms with E-state index < -0.39 is 0 Å². The van der Waals surface area contributed by atoms with Gasteiger partial charge in [0, 0.05) is 11.6 Å². The highest BCUT2D eigenvalue weighted by Crippen LogP contribution is 2.32. The second-order valence-electron chi connectivity index (χ2n) is 5.11. The molecule has 4 heteroatoms. The molecular formula is C14H21N3O. The Balaban J connectivity index is 2.07. The monoisotopic (exact) mass is 247 g/mol. The number of hydrogen-bond acceptors (Lipinski definition) is 3. The van der Waals surface area contributed by atoms with Crippen molar-refractivity contribution < 1.29 is 4.79 Å². The first-order chi connectivity index (χ1) is 8.61. The maximum Gasteiger partial charge on any atom is 0.227 e. The number of hydrogen-bond donors (Lipinski definition) is 2. The molecule has 0 saturated heterocycles. The van der Waals surface area contributed by atoms with E-state index >= 15 is 0 Å². The maximum atomic E-state index is 12.2. The molecule has 4 nitrogen and oxygen atoms in total. The van der Waals surface area contributed by atoms with Crippen LogP contribution in [0.3, 0.4) is 0 Å². The van der Waals surface area contributed by atoms with Crippen molar-refractivity contribution in [3.63, 3.8) is 0 Å². The topological polar surface area (TPSA) is 68.0 Å². The van der Waals surface area contributed by atoms with E-state index in [9.17, 15) is 4.79 Å². The summed E-state index contributed by atoms with van der Waals surface area (Å²) in [4.78, 5) is 16.6. The van der Waals surface area contributed by atoms with Crippen LogP contribution < -0.4 is 11.1 Å². The van der Waals surface area contributed by atoms with Gasteiger partial charge in [0.25, 0.3) is 0 Å². The SMILES string of the molecule is Cc1ccc(NC(=O)C2CCCC2CN)c(C)n1. The summed E-state index contributed by atoms with van der Waals surface area (Å²) >= 11 is 0. The van der Waals surface area contributed by atoms with E-state index in [1.54, 1.807) is 0 Å². The molecule has 1 aliphatic rings. The lowest BCUT2D eigenvalue weighted by atomic mass is 9.95. The van der Waals surface area contributed by atoms with Crippen LogP contribution in [0.2, 0.25) is 0 Å². The third-order valence-electron chi connectivity index (χ3n) is 3.78. The summed E-state index contributed by atoms with van der Waals surface area (Å²) in [6.45, 7) is 4.46. The minimum Gasteiger partial charge on any atom is -0.330 e. The van der Waals surface area contributed by atoms with Gasteiger partial charge in [-0.1, -0.05) is 6.42 Å². The Bertz CT molecular complexity index is 445. The van der Waals surface area contributed by atoms with E-state index in [1.165, 1.54) is 0 Å². The van der Waals surface area contributed by atoms with Gasteiger partial charge in [-0.15, -0.1) is 0 Å².